The van der Waals surface area contributed by atoms with Crippen LogP contribution < -0.4 is 4.90 Å². The molecule has 1 atom stereocenters. The highest BCUT2D eigenvalue weighted by Crippen LogP contribution is 2.20. The number of amides is 1. The number of nitrogens with zero attached hydrogens (tertiary/aromatic N) is 1. The van der Waals surface area contributed by atoms with E-state index in [0.717, 1.165) is 108 Å². The number of ether oxygens (including phenoxy) is 2. The van der Waals surface area contributed by atoms with Gasteiger partial charge in [0.05, 0.1) is 6.54 Å². The molecule has 0 heterocycles. The van der Waals surface area contributed by atoms with Crippen molar-refractivity contribution in [2.45, 2.75) is 284 Å². The molecule has 0 saturated heterocycles. The van der Waals surface area contributed by atoms with Gasteiger partial charge in [-0.15, -0.1) is 0 Å². The van der Waals surface area contributed by atoms with Crippen molar-refractivity contribution in [2.75, 3.05) is 18.1 Å². The van der Waals surface area contributed by atoms with Gasteiger partial charge in [0.1, 0.15) is 6.61 Å². The lowest BCUT2D eigenvalue weighted by molar-refractivity contribution is -0.158. The number of hydrogen-bond acceptors (Lipinski definition) is 5. The molecule has 1 amide bonds. The summed E-state index contributed by atoms with van der Waals surface area (Å²) >= 11 is 0. The molecule has 0 aliphatic carbocycles. The number of allylic oxidation sites excluding steroid dienone is 8. The summed E-state index contributed by atoms with van der Waals surface area (Å²) in [6, 6.07) is 9.65. The Labute approximate surface area is 426 Å². The topological polar surface area (TPSA) is 72.9 Å². The van der Waals surface area contributed by atoms with E-state index in [1.807, 2.05) is 30.3 Å². The van der Waals surface area contributed by atoms with E-state index in [-0.39, 0.29) is 31.0 Å². The zero-order valence-electron chi connectivity index (χ0n) is 45.3. The van der Waals surface area contributed by atoms with Gasteiger partial charge in [0.2, 0.25) is 5.91 Å². The van der Waals surface area contributed by atoms with Gasteiger partial charge < -0.3 is 14.4 Å². The van der Waals surface area contributed by atoms with Gasteiger partial charge in [-0.1, -0.05) is 248 Å². The molecule has 0 saturated carbocycles. The highest BCUT2D eigenvalue weighted by molar-refractivity contribution is 5.93. The third-order valence-corrected chi connectivity index (χ3v) is 13.2. The molecule has 1 rings (SSSR count). The van der Waals surface area contributed by atoms with Gasteiger partial charge in [0.25, 0.3) is 0 Å². The summed E-state index contributed by atoms with van der Waals surface area (Å²) in [5, 5.41) is 0. The van der Waals surface area contributed by atoms with Crippen LogP contribution in [0.4, 0.5) is 5.69 Å². The second-order valence-electron chi connectivity index (χ2n) is 19.8. The molecule has 6 nitrogen and oxygen atoms in total. The van der Waals surface area contributed by atoms with Gasteiger partial charge >= 0.3 is 11.9 Å². The van der Waals surface area contributed by atoms with Crippen molar-refractivity contribution in [3.8, 4) is 0 Å². The zero-order valence-corrected chi connectivity index (χ0v) is 45.3. The molecule has 0 bridgehead atoms. The van der Waals surface area contributed by atoms with Crippen LogP contribution in [0.5, 0.6) is 0 Å². The fourth-order valence-electron chi connectivity index (χ4n) is 8.80. The summed E-state index contributed by atoms with van der Waals surface area (Å²) in [7, 11) is 0. The largest absolute Gasteiger partial charge is 0.462 e. The molecular formula is C63H107NO5. The number of anilines is 1. The number of carbonyl (C=O) groups excluding carboxylic acids is 3. The quantitative estimate of drug-likeness (QED) is 0.0370. The van der Waals surface area contributed by atoms with E-state index in [2.05, 4.69) is 69.4 Å². The van der Waals surface area contributed by atoms with E-state index in [9.17, 15) is 14.4 Å². The molecule has 0 aliphatic heterocycles. The summed E-state index contributed by atoms with van der Waals surface area (Å²) in [4.78, 5) is 41.9. The maximum atomic E-state index is 13.9. The van der Waals surface area contributed by atoms with Crippen molar-refractivity contribution < 1.29 is 23.9 Å². The highest BCUT2D eigenvalue weighted by atomic mass is 16.6. The predicted molar refractivity (Wildman–Crippen MR) is 298 cm³/mol. The average molecular weight is 959 g/mol. The molecule has 1 aromatic rings. The number of carbonyl (C=O) groups is 3. The summed E-state index contributed by atoms with van der Waals surface area (Å²) in [5.74, 6) is -0.545. The third kappa shape index (κ3) is 43.1. The van der Waals surface area contributed by atoms with Crippen molar-refractivity contribution in [2.24, 2.45) is 0 Å². The van der Waals surface area contributed by atoms with Crippen LogP contribution in [0.1, 0.15) is 278 Å². The highest BCUT2D eigenvalue weighted by Gasteiger charge is 2.25. The normalized spacial score (nSPS) is 12.3. The Bertz CT molecular complexity index is 1420. The number of hydrogen-bond donors (Lipinski definition) is 0. The third-order valence-electron chi connectivity index (χ3n) is 13.2. The van der Waals surface area contributed by atoms with E-state index in [4.69, 9.17) is 9.47 Å². The maximum Gasteiger partial charge on any atom is 0.306 e. The molecule has 394 valence electrons. The van der Waals surface area contributed by atoms with Crippen LogP contribution in [0.25, 0.3) is 0 Å². The van der Waals surface area contributed by atoms with Crippen molar-refractivity contribution in [3.05, 3.63) is 78.9 Å². The van der Waals surface area contributed by atoms with Crippen molar-refractivity contribution in [3.63, 3.8) is 0 Å². The van der Waals surface area contributed by atoms with Crippen molar-refractivity contribution in [1.82, 2.24) is 0 Å². The summed E-state index contributed by atoms with van der Waals surface area (Å²) in [6.45, 7) is 6.81. The standard InChI is InChI=1S/C63H107NO5/c1-4-7-10-13-16-19-22-25-28-31-34-37-40-43-49-54-61(65)64(59-52-47-46-48-53-59)57-60(69-63(67)56-51-45-42-39-36-33-30-27-24-21-18-15-12-9-6-3)58-68-62(66)55-50-44-41-38-35-32-29-26-23-20-17-14-11-8-5-2/h7,10,16,19,25-26,28-29,46-48,52-53,60H,4-6,8-9,11-15,17-18,20-24,27,30-45,49-51,54-58H2,1-3H3/t60-/m0/s1. The lowest BCUT2D eigenvalue weighted by atomic mass is 10.0. The minimum absolute atomic E-state index is 0.00505. The summed E-state index contributed by atoms with van der Waals surface area (Å²) in [5.41, 5.74) is 0.768. The number of rotatable bonds is 50. The molecule has 0 spiro atoms. The molecule has 0 fully saturated rings. The Kier molecular flexibility index (Phi) is 47.0. The van der Waals surface area contributed by atoms with Crippen molar-refractivity contribution in [1.29, 1.82) is 0 Å². The first-order chi connectivity index (χ1) is 34.0. The van der Waals surface area contributed by atoms with E-state index in [0.29, 0.717) is 19.3 Å². The van der Waals surface area contributed by atoms with E-state index in [1.165, 1.54) is 135 Å². The molecule has 0 aliphatic rings. The SMILES string of the molecule is CCC=CCC=CCC=CCCCCCCCC(=O)N(C[C@@H](COC(=O)CCCCCCCC=CCCCCCCCC)OC(=O)CCCCCCCCCCCCCCCCC)c1ccccc1. The number of esters is 2. The van der Waals surface area contributed by atoms with Crippen molar-refractivity contribution >= 4 is 23.5 Å². The van der Waals surface area contributed by atoms with Crippen LogP contribution in [-0.2, 0) is 23.9 Å². The molecule has 0 radical (unpaired) electrons. The zero-order chi connectivity index (χ0) is 49.8. The van der Waals surface area contributed by atoms with Gasteiger partial charge in [-0.25, -0.2) is 0 Å². The van der Waals surface area contributed by atoms with Crippen LogP contribution in [0.3, 0.4) is 0 Å². The molecule has 69 heavy (non-hydrogen) atoms. The molecule has 0 unspecified atom stereocenters. The first kappa shape index (κ1) is 63.6. The van der Waals surface area contributed by atoms with Gasteiger partial charge in [-0.2, -0.15) is 0 Å². The van der Waals surface area contributed by atoms with Gasteiger partial charge in [-0.3, -0.25) is 14.4 Å². The molecule has 6 heteroatoms. The fraction of sp³-hybridized carbons (Fsp3) is 0.730. The molecule has 0 aromatic heterocycles. The number of unbranched alkanes of at least 4 members (excludes halogenated alkanes) is 30. The average Bonchev–Trinajstić information content (AvgIpc) is 3.36. The van der Waals surface area contributed by atoms with Crippen LogP contribution in [0.2, 0.25) is 0 Å². The Morgan fingerprint density at radius 2 is 0.812 bits per heavy atom. The van der Waals surface area contributed by atoms with E-state index < -0.39 is 6.10 Å². The number of para-hydroxylation sites is 1. The van der Waals surface area contributed by atoms with E-state index in [1.54, 1.807) is 4.90 Å². The first-order valence-electron chi connectivity index (χ1n) is 29.3. The van der Waals surface area contributed by atoms with E-state index >= 15 is 0 Å². The predicted octanol–water partition coefficient (Wildman–Crippen LogP) is 19.4. The van der Waals surface area contributed by atoms with Crippen LogP contribution in [0.15, 0.2) is 78.9 Å². The Morgan fingerprint density at radius 1 is 0.435 bits per heavy atom. The van der Waals surface area contributed by atoms with Crippen LogP contribution >= 0.6 is 0 Å². The molecule has 0 N–H and O–H groups in total. The van der Waals surface area contributed by atoms with Crippen LogP contribution in [-0.4, -0.2) is 37.1 Å². The Balaban J connectivity index is 2.60. The molecule has 1 aromatic carbocycles. The van der Waals surface area contributed by atoms with Gasteiger partial charge in [0.15, 0.2) is 6.10 Å². The number of benzene rings is 1. The Morgan fingerprint density at radius 3 is 1.28 bits per heavy atom. The summed E-state index contributed by atoms with van der Waals surface area (Å²) in [6.07, 6.45) is 62.6. The lowest BCUT2D eigenvalue weighted by Crippen LogP contribution is -2.41. The fourth-order valence-corrected chi connectivity index (χ4v) is 8.80. The minimum atomic E-state index is -0.738. The smallest absolute Gasteiger partial charge is 0.306 e. The summed E-state index contributed by atoms with van der Waals surface area (Å²) < 4.78 is 11.8. The van der Waals surface area contributed by atoms with Gasteiger partial charge in [-0.05, 0) is 89.2 Å². The second kappa shape index (κ2) is 51.0. The van der Waals surface area contributed by atoms with Gasteiger partial charge in [0, 0.05) is 24.9 Å². The second-order valence-corrected chi connectivity index (χ2v) is 19.8. The minimum Gasteiger partial charge on any atom is -0.462 e. The monoisotopic (exact) mass is 958 g/mol. The molecular weight excluding hydrogens is 851 g/mol. The Hall–Kier alpha value is -3.41. The first-order valence-corrected chi connectivity index (χ1v) is 29.3. The van der Waals surface area contributed by atoms with Crippen LogP contribution in [0, 0.1) is 0 Å². The maximum absolute atomic E-state index is 13.9. The lowest BCUT2D eigenvalue weighted by Gasteiger charge is -2.28.